The van der Waals surface area contributed by atoms with Crippen molar-refractivity contribution in [2.24, 2.45) is 7.05 Å². The summed E-state index contributed by atoms with van der Waals surface area (Å²) in [5.41, 5.74) is 6.28. The monoisotopic (exact) mass is 264 g/mol. The molecule has 0 saturated heterocycles. The standard InChI is InChI=1S/C12H13FN4O2/c1-17-11(9(14)6-15-17)16-12(18)7-3-4-8(13)10(5-7)19-2/h3-6H,14H2,1-2H3,(H,16,18). The van der Waals surface area contributed by atoms with Crippen LogP contribution in [0.25, 0.3) is 0 Å². The van der Waals surface area contributed by atoms with Crippen molar-refractivity contribution in [3.8, 4) is 5.75 Å². The van der Waals surface area contributed by atoms with Gasteiger partial charge in [0.05, 0.1) is 19.0 Å². The molecule has 1 aromatic carbocycles. The fourth-order valence-electron chi connectivity index (χ4n) is 1.59. The topological polar surface area (TPSA) is 82.2 Å². The molecule has 19 heavy (non-hydrogen) atoms. The first kappa shape index (κ1) is 12.9. The number of rotatable bonds is 3. The average Bonchev–Trinajstić information content (AvgIpc) is 2.71. The molecule has 0 unspecified atom stereocenters. The van der Waals surface area contributed by atoms with Crippen LogP contribution in [0.1, 0.15) is 10.4 Å². The van der Waals surface area contributed by atoms with Crippen LogP contribution in [-0.4, -0.2) is 22.8 Å². The quantitative estimate of drug-likeness (QED) is 0.878. The van der Waals surface area contributed by atoms with E-state index in [-0.39, 0.29) is 11.3 Å². The van der Waals surface area contributed by atoms with E-state index in [2.05, 4.69) is 10.4 Å². The summed E-state index contributed by atoms with van der Waals surface area (Å²) < 4.78 is 19.5. The van der Waals surface area contributed by atoms with E-state index < -0.39 is 11.7 Å². The van der Waals surface area contributed by atoms with Crippen molar-refractivity contribution >= 4 is 17.4 Å². The lowest BCUT2D eigenvalue weighted by Gasteiger charge is -2.08. The third-order valence-electron chi connectivity index (χ3n) is 2.61. The molecule has 1 heterocycles. The third kappa shape index (κ3) is 2.49. The molecule has 1 aromatic heterocycles. The fourth-order valence-corrected chi connectivity index (χ4v) is 1.59. The molecule has 7 heteroatoms. The number of nitrogen functional groups attached to an aromatic ring is 1. The second-order valence-electron chi connectivity index (χ2n) is 3.88. The van der Waals surface area contributed by atoms with Crippen molar-refractivity contribution in [3.63, 3.8) is 0 Å². The lowest BCUT2D eigenvalue weighted by atomic mass is 10.2. The molecule has 3 N–H and O–H groups in total. The van der Waals surface area contributed by atoms with Gasteiger partial charge in [0.2, 0.25) is 0 Å². The third-order valence-corrected chi connectivity index (χ3v) is 2.61. The number of ether oxygens (including phenoxy) is 1. The van der Waals surface area contributed by atoms with E-state index in [1.807, 2.05) is 0 Å². The Balaban J connectivity index is 2.25. The van der Waals surface area contributed by atoms with Gasteiger partial charge >= 0.3 is 0 Å². The summed E-state index contributed by atoms with van der Waals surface area (Å²) in [7, 11) is 2.98. The van der Waals surface area contributed by atoms with Gasteiger partial charge in [-0.05, 0) is 18.2 Å². The molecule has 0 radical (unpaired) electrons. The van der Waals surface area contributed by atoms with E-state index in [0.717, 1.165) is 0 Å². The predicted molar refractivity (Wildman–Crippen MR) is 68.5 cm³/mol. The maximum atomic E-state index is 13.2. The lowest BCUT2D eigenvalue weighted by Crippen LogP contribution is -2.15. The second kappa shape index (κ2) is 4.97. The van der Waals surface area contributed by atoms with E-state index >= 15 is 0 Å². The number of hydrogen-bond acceptors (Lipinski definition) is 4. The summed E-state index contributed by atoms with van der Waals surface area (Å²) in [6.07, 6.45) is 1.43. The highest BCUT2D eigenvalue weighted by molar-refractivity contribution is 6.05. The zero-order valence-electron chi connectivity index (χ0n) is 10.5. The number of amides is 1. The Kier molecular flexibility index (Phi) is 3.37. The molecule has 0 spiro atoms. The van der Waals surface area contributed by atoms with Gasteiger partial charge in [0.15, 0.2) is 17.4 Å². The first-order valence-electron chi connectivity index (χ1n) is 5.45. The van der Waals surface area contributed by atoms with Crippen molar-refractivity contribution in [3.05, 3.63) is 35.8 Å². The number of carbonyl (C=O) groups excluding carboxylic acids is 1. The van der Waals surface area contributed by atoms with Crippen LogP contribution in [0.15, 0.2) is 24.4 Å². The number of carbonyl (C=O) groups is 1. The van der Waals surface area contributed by atoms with Crippen LogP contribution in [0.4, 0.5) is 15.9 Å². The van der Waals surface area contributed by atoms with Gasteiger partial charge < -0.3 is 15.8 Å². The van der Waals surface area contributed by atoms with Crippen molar-refractivity contribution < 1.29 is 13.9 Å². The highest BCUT2D eigenvalue weighted by atomic mass is 19.1. The number of nitrogens with one attached hydrogen (secondary N) is 1. The van der Waals surface area contributed by atoms with Crippen molar-refractivity contribution in [2.45, 2.75) is 0 Å². The molecular weight excluding hydrogens is 251 g/mol. The SMILES string of the molecule is COc1cc(C(=O)Nc2c(N)cnn2C)ccc1F. The first-order valence-corrected chi connectivity index (χ1v) is 5.45. The number of aromatic nitrogens is 2. The van der Waals surface area contributed by atoms with Crippen LogP contribution in [0.3, 0.4) is 0 Å². The number of aryl methyl sites for hydroxylation is 1. The number of nitrogens with two attached hydrogens (primary N) is 1. The van der Waals surface area contributed by atoms with Crippen LogP contribution in [0, 0.1) is 5.82 Å². The normalized spacial score (nSPS) is 10.3. The fraction of sp³-hybridized carbons (Fsp3) is 0.167. The molecule has 0 atom stereocenters. The summed E-state index contributed by atoms with van der Waals surface area (Å²) >= 11 is 0. The molecule has 2 aromatic rings. The van der Waals surface area contributed by atoms with Crippen molar-refractivity contribution in [1.29, 1.82) is 0 Å². The van der Waals surface area contributed by atoms with Crippen LogP contribution in [0.5, 0.6) is 5.75 Å². The molecule has 1 amide bonds. The minimum atomic E-state index is -0.529. The number of methoxy groups -OCH3 is 1. The van der Waals surface area contributed by atoms with Gasteiger partial charge in [0, 0.05) is 12.6 Å². The number of anilines is 2. The van der Waals surface area contributed by atoms with E-state index in [4.69, 9.17) is 10.5 Å². The molecule has 2 rings (SSSR count). The molecule has 0 aliphatic carbocycles. The van der Waals surface area contributed by atoms with Gasteiger partial charge in [0.25, 0.3) is 5.91 Å². The van der Waals surface area contributed by atoms with Crippen molar-refractivity contribution in [2.75, 3.05) is 18.2 Å². The minimum absolute atomic E-state index is 0.00521. The van der Waals surface area contributed by atoms with Crippen molar-refractivity contribution in [1.82, 2.24) is 9.78 Å². The number of halogens is 1. The van der Waals surface area contributed by atoms with Crippen LogP contribution in [-0.2, 0) is 7.05 Å². The molecule has 0 aliphatic heterocycles. The maximum absolute atomic E-state index is 13.2. The zero-order valence-corrected chi connectivity index (χ0v) is 10.5. The molecule has 0 bridgehead atoms. The molecule has 0 fully saturated rings. The Hall–Kier alpha value is -2.57. The summed E-state index contributed by atoms with van der Waals surface area (Å²) in [5, 5.41) is 6.51. The van der Waals surface area contributed by atoms with Gasteiger partial charge in [-0.2, -0.15) is 5.10 Å². The highest BCUT2D eigenvalue weighted by Gasteiger charge is 2.13. The predicted octanol–water partition coefficient (Wildman–Crippen LogP) is 1.40. The van der Waals surface area contributed by atoms with Gasteiger partial charge in [0.1, 0.15) is 0 Å². The highest BCUT2D eigenvalue weighted by Crippen LogP contribution is 2.21. The number of hydrogen-bond donors (Lipinski definition) is 2. The van der Waals surface area contributed by atoms with E-state index in [1.165, 1.54) is 36.2 Å². The van der Waals surface area contributed by atoms with Gasteiger partial charge in [-0.3, -0.25) is 9.48 Å². The summed E-state index contributed by atoms with van der Waals surface area (Å²) in [5.74, 6) is -0.563. The Morgan fingerprint density at radius 3 is 2.84 bits per heavy atom. The van der Waals surface area contributed by atoms with E-state index in [9.17, 15) is 9.18 Å². The Labute approximate surface area is 109 Å². The van der Waals surface area contributed by atoms with E-state index in [0.29, 0.717) is 11.5 Å². The molecule has 0 saturated carbocycles. The molecule has 0 aliphatic rings. The zero-order chi connectivity index (χ0) is 14.0. The molecule has 6 nitrogen and oxygen atoms in total. The Morgan fingerprint density at radius 1 is 1.53 bits per heavy atom. The van der Waals surface area contributed by atoms with Gasteiger partial charge in [-0.15, -0.1) is 0 Å². The van der Waals surface area contributed by atoms with Crippen LogP contribution < -0.4 is 15.8 Å². The number of benzene rings is 1. The minimum Gasteiger partial charge on any atom is -0.494 e. The Morgan fingerprint density at radius 2 is 2.26 bits per heavy atom. The Bertz CT molecular complexity index is 605. The van der Waals surface area contributed by atoms with Gasteiger partial charge in [-0.25, -0.2) is 4.39 Å². The number of nitrogens with zero attached hydrogens (tertiary/aromatic N) is 2. The molecule has 100 valence electrons. The van der Waals surface area contributed by atoms with Crippen LogP contribution in [0.2, 0.25) is 0 Å². The smallest absolute Gasteiger partial charge is 0.257 e. The molecular formula is C12H13FN4O2. The van der Waals surface area contributed by atoms with Crippen LogP contribution >= 0.6 is 0 Å². The van der Waals surface area contributed by atoms with E-state index in [1.54, 1.807) is 7.05 Å². The lowest BCUT2D eigenvalue weighted by molar-refractivity contribution is 0.102. The second-order valence-corrected chi connectivity index (χ2v) is 3.88. The summed E-state index contributed by atoms with van der Waals surface area (Å²) in [6.45, 7) is 0. The maximum Gasteiger partial charge on any atom is 0.257 e. The summed E-state index contributed by atoms with van der Waals surface area (Å²) in [6, 6.07) is 3.84. The van der Waals surface area contributed by atoms with Gasteiger partial charge in [-0.1, -0.05) is 0 Å². The largest absolute Gasteiger partial charge is 0.494 e. The first-order chi connectivity index (χ1) is 9.02. The summed E-state index contributed by atoms with van der Waals surface area (Å²) in [4.78, 5) is 12.0. The average molecular weight is 264 g/mol.